The molecule has 2 aromatic heterocycles. The van der Waals surface area contributed by atoms with Gasteiger partial charge in [0.1, 0.15) is 0 Å². The summed E-state index contributed by atoms with van der Waals surface area (Å²) in [6, 6.07) is 4.01. The Morgan fingerprint density at radius 2 is 2.35 bits per heavy atom. The van der Waals surface area contributed by atoms with Crippen LogP contribution in [0.2, 0.25) is 4.34 Å². The lowest BCUT2D eigenvalue weighted by molar-refractivity contribution is 0.653. The quantitative estimate of drug-likeness (QED) is 0.791. The zero-order chi connectivity index (χ0) is 12.1. The molecular weight excluding hydrogens is 254 g/mol. The van der Waals surface area contributed by atoms with Gasteiger partial charge in [0, 0.05) is 17.1 Å². The van der Waals surface area contributed by atoms with E-state index in [1.165, 1.54) is 16.1 Å². The number of hydrogen-bond acceptors (Lipinski definition) is 3. The average Bonchev–Trinajstić information content (AvgIpc) is 2.88. The summed E-state index contributed by atoms with van der Waals surface area (Å²) in [6.07, 6.45) is 4.11. The maximum Gasteiger partial charge on any atom is 0.0931 e. The molecule has 0 bridgehead atoms. The van der Waals surface area contributed by atoms with E-state index in [-0.39, 0.29) is 0 Å². The molecule has 3 nitrogen and oxygen atoms in total. The van der Waals surface area contributed by atoms with Gasteiger partial charge >= 0.3 is 0 Å². The fraction of sp³-hybridized carbons (Fsp3) is 0.417. The van der Waals surface area contributed by atoms with Gasteiger partial charge in [0.2, 0.25) is 0 Å². The molecule has 2 heterocycles. The van der Waals surface area contributed by atoms with Gasteiger partial charge in [-0.15, -0.1) is 11.3 Å². The summed E-state index contributed by atoms with van der Waals surface area (Å²) in [4.78, 5) is 1.29. The summed E-state index contributed by atoms with van der Waals surface area (Å²) < 4.78 is 0.857. The predicted molar refractivity (Wildman–Crippen MR) is 72.7 cm³/mol. The predicted octanol–water partition coefficient (Wildman–Crippen LogP) is 3.16. The summed E-state index contributed by atoms with van der Waals surface area (Å²) in [7, 11) is 0. The number of hydrogen-bond donors (Lipinski definition) is 2. The standard InChI is InChI=1S/C12H16ClN3S/c1-9-10(7-15-16-9)3-2-6-14-8-11-4-5-12(13)17-11/h4-5,7,14H,2-3,6,8H2,1H3,(H,15,16). The maximum absolute atomic E-state index is 5.87. The number of nitrogens with zero attached hydrogens (tertiary/aromatic N) is 1. The molecule has 2 N–H and O–H groups in total. The molecule has 2 rings (SSSR count). The average molecular weight is 270 g/mol. The van der Waals surface area contributed by atoms with Crippen LogP contribution in [0.25, 0.3) is 0 Å². The number of nitrogens with one attached hydrogen (secondary N) is 2. The van der Waals surface area contributed by atoms with Gasteiger partial charge in [0.25, 0.3) is 0 Å². The SMILES string of the molecule is Cc1[nH]ncc1CCCNCc1ccc(Cl)s1. The topological polar surface area (TPSA) is 40.7 Å². The molecular formula is C12H16ClN3S. The van der Waals surface area contributed by atoms with E-state index in [1.54, 1.807) is 11.3 Å². The molecule has 0 unspecified atom stereocenters. The van der Waals surface area contributed by atoms with Crippen molar-refractivity contribution in [1.29, 1.82) is 0 Å². The molecule has 0 aromatic carbocycles. The first-order valence-corrected chi connectivity index (χ1v) is 6.89. The maximum atomic E-state index is 5.87. The molecule has 0 amide bonds. The van der Waals surface area contributed by atoms with Gasteiger partial charge in [-0.3, -0.25) is 5.10 Å². The van der Waals surface area contributed by atoms with Crippen LogP contribution >= 0.6 is 22.9 Å². The third-order valence-corrected chi connectivity index (χ3v) is 3.89. The van der Waals surface area contributed by atoms with Crippen LogP contribution in [0.3, 0.4) is 0 Å². The molecule has 0 atom stereocenters. The van der Waals surface area contributed by atoms with Gasteiger partial charge in [-0.25, -0.2) is 0 Å². The first-order valence-electron chi connectivity index (χ1n) is 5.69. The number of aromatic nitrogens is 2. The summed E-state index contributed by atoms with van der Waals surface area (Å²) in [5, 5.41) is 10.4. The molecule has 0 aliphatic rings. The molecule has 0 aliphatic carbocycles. The zero-order valence-electron chi connectivity index (χ0n) is 9.79. The highest BCUT2D eigenvalue weighted by atomic mass is 35.5. The van der Waals surface area contributed by atoms with E-state index < -0.39 is 0 Å². The molecule has 0 radical (unpaired) electrons. The lowest BCUT2D eigenvalue weighted by Gasteiger charge is -2.02. The Hall–Kier alpha value is -0.840. The van der Waals surface area contributed by atoms with Crippen LogP contribution in [-0.4, -0.2) is 16.7 Å². The second-order valence-corrected chi connectivity index (χ2v) is 5.81. The lowest BCUT2D eigenvalue weighted by atomic mass is 10.1. The monoisotopic (exact) mass is 269 g/mol. The van der Waals surface area contributed by atoms with Crippen molar-refractivity contribution in [2.24, 2.45) is 0 Å². The van der Waals surface area contributed by atoms with Crippen LogP contribution in [0.1, 0.15) is 22.6 Å². The fourth-order valence-electron chi connectivity index (χ4n) is 1.69. The van der Waals surface area contributed by atoms with Crippen molar-refractivity contribution < 1.29 is 0 Å². The van der Waals surface area contributed by atoms with Crippen LogP contribution in [0.15, 0.2) is 18.3 Å². The molecule has 0 aliphatic heterocycles. The van der Waals surface area contributed by atoms with Crippen LogP contribution in [0.4, 0.5) is 0 Å². The summed E-state index contributed by atoms with van der Waals surface area (Å²) in [5.41, 5.74) is 2.49. The number of halogens is 1. The molecule has 0 spiro atoms. The Bertz CT molecular complexity index is 464. The van der Waals surface area contributed by atoms with Gasteiger partial charge in [0.05, 0.1) is 10.5 Å². The highest BCUT2D eigenvalue weighted by molar-refractivity contribution is 7.16. The van der Waals surface area contributed by atoms with Gasteiger partial charge in [-0.1, -0.05) is 11.6 Å². The van der Waals surface area contributed by atoms with Gasteiger partial charge < -0.3 is 5.32 Å². The van der Waals surface area contributed by atoms with Crippen molar-refractivity contribution in [1.82, 2.24) is 15.5 Å². The Morgan fingerprint density at radius 1 is 1.47 bits per heavy atom. The molecule has 17 heavy (non-hydrogen) atoms. The highest BCUT2D eigenvalue weighted by Crippen LogP contribution is 2.20. The largest absolute Gasteiger partial charge is 0.312 e. The third-order valence-electron chi connectivity index (χ3n) is 2.66. The number of aryl methyl sites for hydroxylation is 2. The number of aromatic amines is 1. The van der Waals surface area contributed by atoms with Crippen molar-refractivity contribution in [3.05, 3.63) is 38.8 Å². The van der Waals surface area contributed by atoms with E-state index in [1.807, 2.05) is 12.3 Å². The minimum absolute atomic E-state index is 0.857. The minimum atomic E-state index is 0.857. The van der Waals surface area contributed by atoms with Gasteiger partial charge in [-0.2, -0.15) is 5.10 Å². The number of H-pyrrole nitrogens is 1. The number of thiophene rings is 1. The van der Waals surface area contributed by atoms with Gasteiger partial charge in [0.15, 0.2) is 0 Å². The smallest absolute Gasteiger partial charge is 0.0931 e. The second-order valence-electron chi connectivity index (χ2n) is 4.01. The Kier molecular flexibility index (Phi) is 4.59. The summed E-state index contributed by atoms with van der Waals surface area (Å²) in [5.74, 6) is 0. The second kappa shape index (κ2) is 6.19. The molecule has 5 heteroatoms. The minimum Gasteiger partial charge on any atom is -0.312 e. The highest BCUT2D eigenvalue weighted by Gasteiger charge is 2.00. The Balaban J connectivity index is 1.62. The first kappa shape index (κ1) is 12.6. The van der Waals surface area contributed by atoms with Crippen LogP contribution in [-0.2, 0) is 13.0 Å². The van der Waals surface area contributed by atoms with E-state index >= 15 is 0 Å². The van der Waals surface area contributed by atoms with E-state index in [0.717, 1.165) is 30.3 Å². The third kappa shape index (κ3) is 3.84. The van der Waals surface area contributed by atoms with Crippen molar-refractivity contribution in [2.45, 2.75) is 26.3 Å². The molecule has 0 saturated carbocycles. The molecule has 0 fully saturated rings. The Labute approximate surface area is 110 Å². The van der Waals surface area contributed by atoms with E-state index in [9.17, 15) is 0 Å². The number of rotatable bonds is 6. The molecule has 0 saturated heterocycles. The summed E-state index contributed by atoms with van der Waals surface area (Å²) >= 11 is 7.50. The fourth-order valence-corrected chi connectivity index (χ4v) is 2.75. The lowest BCUT2D eigenvalue weighted by Crippen LogP contribution is -2.14. The van der Waals surface area contributed by atoms with Crippen molar-refractivity contribution in [3.8, 4) is 0 Å². The van der Waals surface area contributed by atoms with Crippen molar-refractivity contribution in [3.63, 3.8) is 0 Å². The van der Waals surface area contributed by atoms with E-state index in [2.05, 4.69) is 28.5 Å². The van der Waals surface area contributed by atoms with E-state index in [0.29, 0.717) is 0 Å². The molecule has 2 aromatic rings. The van der Waals surface area contributed by atoms with Crippen LogP contribution < -0.4 is 5.32 Å². The summed E-state index contributed by atoms with van der Waals surface area (Å²) in [6.45, 7) is 3.98. The van der Waals surface area contributed by atoms with Crippen LogP contribution in [0, 0.1) is 6.92 Å². The van der Waals surface area contributed by atoms with Gasteiger partial charge in [-0.05, 0) is 44.0 Å². The normalized spacial score (nSPS) is 10.9. The molecule has 92 valence electrons. The Morgan fingerprint density at radius 3 is 3.00 bits per heavy atom. The first-order chi connectivity index (χ1) is 8.25. The van der Waals surface area contributed by atoms with Crippen LogP contribution in [0.5, 0.6) is 0 Å². The van der Waals surface area contributed by atoms with E-state index in [4.69, 9.17) is 11.6 Å². The zero-order valence-corrected chi connectivity index (χ0v) is 11.4. The van der Waals surface area contributed by atoms with Crippen molar-refractivity contribution in [2.75, 3.05) is 6.54 Å². The van der Waals surface area contributed by atoms with Crippen molar-refractivity contribution >= 4 is 22.9 Å².